The first-order valence-corrected chi connectivity index (χ1v) is 9.34. The van der Waals surface area contributed by atoms with E-state index < -0.39 is 5.82 Å². The first-order valence-electron chi connectivity index (χ1n) is 9.34. The van der Waals surface area contributed by atoms with Crippen LogP contribution in [0.2, 0.25) is 0 Å². The number of urea groups is 1. The average Bonchev–Trinajstić information content (AvgIpc) is 3.18. The SMILES string of the molecule is Cc1ccc(-c2noc(C3CCCCN3C(=O)Nc3cccc(F)c3)n2)cc1. The summed E-state index contributed by atoms with van der Waals surface area (Å²) in [6, 6.07) is 13.1. The highest BCUT2D eigenvalue weighted by Gasteiger charge is 2.32. The van der Waals surface area contributed by atoms with Gasteiger partial charge in [-0.15, -0.1) is 0 Å². The van der Waals surface area contributed by atoms with Gasteiger partial charge in [0.25, 0.3) is 0 Å². The quantitative estimate of drug-likeness (QED) is 0.698. The number of halogens is 1. The van der Waals surface area contributed by atoms with Gasteiger partial charge in [0.2, 0.25) is 11.7 Å². The molecule has 1 atom stereocenters. The van der Waals surface area contributed by atoms with E-state index in [2.05, 4.69) is 15.5 Å². The lowest BCUT2D eigenvalue weighted by Gasteiger charge is -2.33. The van der Waals surface area contributed by atoms with E-state index >= 15 is 0 Å². The van der Waals surface area contributed by atoms with Crippen LogP contribution in [-0.2, 0) is 0 Å². The van der Waals surface area contributed by atoms with Crippen molar-refractivity contribution in [2.45, 2.75) is 32.2 Å². The monoisotopic (exact) mass is 380 g/mol. The van der Waals surface area contributed by atoms with Crippen molar-refractivity contribution in [3.05, 3.63) is 65.8 Å². The molecule has 2 heterocycles. The Morgan fingerprint density at radius 1 is 1.21 bits per heavy atom. The number of rotatable bonds is 3. The van der Waals surface area contributed by atoms with Crippen molar-refractivity contribution < 1.29 is 13.7 Å². The van der Waals surface area contributed by atoms with Crippen molar-refractivity contribution in [3.63, 3.8) is 0 Å². The fraction of sp³-hybridized carbons (Fsp3) is 0.286. The molecular formula is C21H21FN4O2. The molecule has 0 bridgehead atoms. The first kappa shape index (κ1) is 18.2. The van der Waals surface area contributed by atoms with Crippen LogP contribution >= 0.6 is 0 Å². The molecule has 28 heavy (non-hydrogen) atoms. The van der Waals surface area contributed by atoms with Crippen LogP contribution in [0.4, 0.5) is 14.9 Å². The molecule has 1 unspecified atom stereocenters. The molecule has 0 aliphatic carbocycles. The van der Waals surface area contributed by atoms with Crippen molar-refractivity contribution in [2.24, 2.45) is 0 Å². The summed E-state index contributed by atoms with van der Waals surface area (Å²) in [4.78, 5) is 19.0. The van der Waals surface area contributed by atoms with E-state index in [0.29, 0.717) is 23.9 Å². The number of carbonyl (C=O) groups is 1. The molecule has 3 aromatic rings. The number of benzene rings is 2. The van der Waals surface area contributed by atoms with Gasteiger partial charge in [-0.3, -0.25) is 0 Å². The van der Waals surface area contributed by atoms with Gasteiger partial charge in [-0.05, 0) is 44.4 Å². The van der Waals surface area contributed by atoms with E-state index in [-0.39, 0.29) is 12.1 Å². The summed E-state index contributed by atoms with van der Waals surface area (Å²) in [5.74, 6) is 0.531. The highest BCUT2D eigenvalue weighted by Crippen LogP contribution is 2.31. The molecule has 4 rings (SSSR count). The van der Waals surface area contributed by atoms with Gasteiger partial charge in [0.15, 0.2) is 0 Å². The standard InChI is InChI=1S/C21H21FN4O2/c1-14-8-10-15(11-9-14)19-24-20(28-25-19)18-7-2-3-12-26(18)21(27)23-17-6-4-5-16(22)13-17/h4-6,8-11,13,18H,2-3,7,12H2,1H3,(H,23,27). The van der Waals surface area contributed by atoms with Gasteiger partial charge in [-0.25, -0.2) is 9.18 Å². The molecule has 6 nitrogen and oxygen atoms in total. The number of likely N-dealkylation sites (tertiary alicyclic amines) is 1. The van der Waals surface area contributed by atoms with Gasteiger partial charge < -0.3 is 14.7 Å². The molecule has 0 saturated carbocycles. The molecule has 1 aromatic heterocycles. The van der Waals surface area contributed by atoms with Gasteiger partial charge in [-0.2, -0.15) is 4.98 Å². The molecule has 1 fully saturated rings. The second-order valence-electron chi connectivity index (χ2n) is 6.97. The number of hydrogen-bond acceptors (Lipinski definition) is 4. The van der Waals surface area contributed by atoms with E-state index in [4.69, 9.17) is 4.52 Å². The maximum Gasteiger partial charge on any atom is 0.322 e. The normalized spacial score (nSPS) is 16.8. The molecular weight excluding hydrogens is 359 g/mol. The first-order chi connectivity index (χ1) is 13.6. The molecule has 1 aliphatic rings. The van der Waals surface area contributed by atoms with Gasteiger partial charge in [0.05, 0.1) is 0 Å². The summed E-state index contributed by atoms with van der Waals surface area (Å²) in [5.41, 5.74) is 2.44. The number of aromatic nitrogens is 2. The maximum atomic E-state index is 13.4. The molecule has 0 spiro atoms. The van der Waals surface area contributed by atoms with Gasteiger partial charge in [-0.1, -0.05) is 41.1 Å². The number of piperidine rings is 1. The van der Waals surface area contributed by atoms with E-state index in [1.165, 1.54) is 12.1 Å². The second kappa shape index (κ2) is 7.80. The van der Waals surface area contributed by atoms with Crippen LogP contribution < -0.4 is 5.32 Å². The number of hydrogen-bond donors (Lipinski definition) is 1. The summed E-state index contributed by atoms with van der Waals surface area (Å²) in [6.07, 6.45) is 2.61. The number of nitrogens with zero attached hydrogens (tertiary/aromatic N) is 3. The predicted molar refractivity (Wildman–Crippen MR) is 103 cm³/mol. The molecule has 2 aromatic carbocycles. The van der Waals surface area contributed by atoms with E-state index in [9.17, 15) is 9.18 Å². The maximum absolute atomic E-state index is 13.4. The smallest absolute Gasteiger partial charge is 0.322 e. The summed E-state index contributed by atoms with van der Waals surface area (Å²) >= 11 is 0. The van der Waals surface area contributed by atoms with Crippen LogP contribution in [0.3, 0.4) is 0 Å². The fourth-order valence-corrected chi connectivity index (χ4v) is 3.38. The Labute approximate surface area is 162 Å². The van der Waals surface area contributed by atoms with Crippen LogP contribution in [0.15, 0.2) is 53.1 Å². The second-order valence-corrected chi connectivity index (χ2v) is 6.97. The van der Waals surface area contributed by atoms with Crippen molar-refractivity contribution in [1.82, 2.24) is 15.0 Å². The Bertz CT molecular complexity index is 971. The van der Waals surface area contributed by atoms with Crippen molar-refractivity contribution in [3.8, 4) is 11.4 Å². The van der Waals surface area contributed by atoms with Gasteiger partial charge >= 0.3 is 6.03 Å². The van der Waals surface area contributed by atoms with E-state index in [1.807, 2.05) is 31.2 Å². The lowest BCUT2D eigenvalue weighted by atomic mass is 10.0. The Hall–Kier alpha value is -3.22. The molecule has 1 saturated heterocycles. The number of anilines is 1. The molecule has 7 heteroatoms. The van der Waals surface area contributed by atoms with E-state index in [0.717, 1.165) is 30.4 Å². The Morgan fingerprint density at radius 3 is 2.82 bits per heavy atom. The zero-order valence-corrected chi connectivity index (χ0v) is 15.6. The van der Waals surface area contributed by atoms with Gasteiger partial charge in [0.1, 0.15) is 11.9 Å². The lowest BCUT2D eigenvalue weighted by Crippen LogP contribution is -2.41. The number of nitrogens with one attached hydrogen (secondary N) is 1. The fourth-order valence-electron chi connectivity index (χ4n) is 3.38. The number of carbonyl (C=O) groups excluding carboxylic acids is 1. The summed E-state index contributed by atoms with van der Waals surface area (Å²) < 4.78 is 18.9. The largest absolute Gasteiger partial charge is 0.337 e. The third-order valence-corrected chi connectivity index (χ3v) is 4.88. The Kier molecular flexibility index (Phi) is 5.06. The zero-order valence-electron chi connectivity index (χ0n) is 15.6. The molecule has 1 N–H and O–H groups in total. The number of aryl methyl sites for hydroxylation is 1. The summed E-state index contributed by atoms with van der Waals surface area (Å²) in [7, 11) is 0. The third kappa shape index (κ3) is 3.88. The minimum atomic E-state index is -0.396. The Balaban J connectivity index is 1.54. The molecule has 0 radical (unpaired) electrons. The van der Waals surface area contributed by atoms with Crippen LogP contribution in [0.1, 0.15) is 36.8 Å². The highest BCUT2D eigenvalue weighted by molar-refractivity contribution is 5.89. The molecule has 2 amide bonds. The minimum Gasteiger partial charge on any atom is -0.337 e. The predicted octanol–water partition coefficient (Wildman–Crippen LogP) is 4.94. The topological polar surface area (TPSA) is 71.3 Å². The summed E-state index contributed by atoms with van der Waals surface area (Å²) in [6.45, 7) is 2.59. The zero-order chi connectivity index (χ0) is 19.5. The highest BCUT2D eigenvalue weighted by atomic mass is 19.1. The van der Waals surface area contributed by atoms with Crippen molar-refractivity contribution >= 4 is 11.7 Å². The molecule has 144 valence electrons. The van der Waals surface area contributed by atoms with Crippen molar-refractivity contribution in [2.75, 3.05) is 11.9 Å². The van der Waals surface area contributed by atoms with Crippen LogP contribution in [0.25, 0.3) is 11.4 Å². The van der Waals surface area contributed by atoms with E-state index in [1.54, 1.807) is 17.0 Å². The van der Waals surface area contributed by atoms with Crippen molar-refractivity contribution in [1.29, 1.82) is 0 Å². The van der Waals surface area contributed by atoms with Crippen LogP contribution in [-0.4, -0.2) is 27.6 Å². The van der Waals surface area contributed by atoms with Crippen LogP contribution in [0, 0.1) is 12.7 Å². The number of amides is 2. The Morgan fingerprint density at radius 2 is 2.04 bits per heavy atom. The third-order valence-electron chi connectivity index (χ3n) is 4.88. The average molecular weight is 380 g/mol. The minimum absolute atomic E-state index is 0.297. The summed E-state index contributed by atoms with van der Waals surface area (Å²) in [5, 5.41) is 6.84. The lowest BCUT2D eigenvalue weighted by molar-refractivity contribution is 0.142. The molecule has 1 aliphatic heterocycles. The van der Waals surface area contributed by atoms with Gasteiger partial charge in [0, 0.05) is 17.8 Å². The van der Waals surface area contributed by atoms with Crippen LogP contribution in [0.5, 0.6) is 0 Å².